The van der Waals surface area contributed by atoms with Crippen LogP contribution in [0.15, 0.2) is 49.1 Å². The standard InChI is InChI=1S/C17H15FN4O2/c1-11-3-4-12(7-16(11)24-2)17(23)21-13-5-6-15(14(18)8-13)22-10-19-9-20-22/h3-10H,1-2H3,(H,21,23). The van der Waals surface area contributed by atoms with E-state index < -0.39 is 5.82 Å². The number of benzene rings is 2. The van der Waals surface area contributed by atoms with Gasteiger partial charge in [-0.2, -0.15) is 5.10 Å². The minimum absolute atomic E-state index is 0.252. The highest BCUT2D eigenvalue weighted by molar-refractivity contribution is 6.04. The lowest BCUT2D eigenvalue weighted by atomic mass is 10.1. The second-order valence-electron chi connectivity index (χ2n) is 5.14. The predicted octanol–water partition coefficient (Wildman–Crippen LogP) is 2.98. The monoisotopic (exact) mass is 326 g/mol. The average Bonchev–Trinajstić information content (AvgIpc) is 3.09. The number of nitrogens with zero attached hydrogens (tertiary/aromatic N) is 3. The van der Waals surface area contributed by atoms with E-state index in [-0.39, 0.29) is 11.6 Å². The summed E-state index contributed by atoms with van der Waals surface area (Å²) < 4.78 is 20.7. The van der Waals surface area contributed by atoms with Gasteiger partial charge in [0.2, 0.25) is 0 Å². The third-order valence-electron chi connectivity index (χ3n) is 3.54. The van der Waals surface area contributed by atoms with Crippen molar-refractivity contribution >= 4 is 11.6 Å². The topological polar surface area (TPSA) is 69.0 Å². The molecule has 0 unspecified atom stereocenters. The van der Waals surface area contributed by atoms with Crippen LogP contribution in [0.5, 0.6) is 5.75 Å². The first-order valence-electron chi connectivity index (χ1n) is 7.19. The molecule has 0 aliphatic carbocycles. The number of hydrogen-bond donors (Lipinski definition) is 1. The highest BCUT2D eigenvalue weighted by atomic mass is 19.1. The molecule has 0 aliphatic rings. The van der Waals surface area contributed by atoms with E-state index in [1.54, 1.807) is 31.4 Å². The number of ether oxygens (including phenoxy) is 1. The lowest BCUT2D eigenvalue weighted by molar-refractivity contribution is 0.102. The van der Waals surface area contributed by atoms with Crippen molar-refractivity contribution in [3.63, 3.8) is 0 Å². The van der Waals surface area contributed by atoms with Crippen molar-refractivity contribution in [1.29, 1.82) is 0 Å². The van der Waals surface area contributed by atoms with Gasteiger partial charge in [0.05, 0.1) is 7.11 Å². The van der Waals surface area contributed by atoms with Crippen LogP contribution < -0.4 is 10.1 Å². The van der Waals surface area contributed by atoms with Crippen LogP contribution in [-0.4, -0.2) is 27.8 Å². The summed E-state index contributed by atoms with van der Waals surface area (Å²) >= 11 is 0. The number of amides is 1. The molecule has 0 saturated carbocycles. The summed E-state index contributed by atoms with van der Waals surface area (Å²) in [5.74, 6) is -0.239. The number of rotatable bonds is 4. The van der Waals surface area contributed by atoms with E-state index in [9.17, 15) is 9.18 Å². The molecular weight excluding hydrogens is 311 g/mol. The summed E-state index contributed by atoms with van der Waals surface area (Å²) in [7, 11) is 1.54. The molecule has 7 heteroatoms. The van der Waals surface area contributed by atoms with E-state index in [4.69, 9.17) is 4.74 Å². The summed E-state index contributed by atoms with van der Waals surface area (Å²) in [5.41, 5.74) is 1.96. The van der Waals surface area contributed by atoms with Crippen LogP contribution in [0.2, 0.25) is 0 Å². The molecule has 2 aromatic carbocycles. The lowest BCUT2D eigenvalue weighted by Gasteiger charge is -2.10. The quantitative estimate of drug-likeness (QED) is 0.800. The number of anilines is 1. The Kier molecular flexibility index (Phi) is 4.24. The number of halogens is 1. The molecular formula is C17H15FN4O2. The van der Waals surface area contributed by atoms with Crippen molar-refractivity contribution in [3.8, 4) is 11.4 Å². The zero-order chi connectivity index (χ0) is 17.1. The SMILES string of the molecule is COc1cc(C(=O)Nc2ccc(-n3cncn3)c(F)c2)ccc1C. The van der Waals surface area contributed by atoms with Gasteiger partial charge in [-0.15, -0.1) is 0 Å². The maximum absolute atomic E-state index is 14.2. The fourth-order valence-corrected chi connectivity index (χ4v) is 2.27. The summed E-state index contributed by atoms with van der Waals surface area (Å²) in [6.45, 7) is 1.89. The zero-order valence-corrected chi connectivity index (χ0v) is 13.2. The van der Waals surface area contributed by atoms with Crippen LogP contribution in [0.1, 0.15) is 15.9 Å². The Labute approximate surface area is 137 Å². The number of carbonyl (C=O) groups excluding carboxylic acids is 1. The number of hydrogen-bond acceptors (Lipinski definition) is 4. The summed E-state index contributed by atoms with van der Waals surface area (Å²) in [6.07, 6.45) is 2.72. The molecule has 1 aromatic heterocycles. The molecule has 0 spiro atoms. The Morgan fingerprint density at radius 1 is 1.25 bits per heavy atom. The van der Waals surface area contributed by atoms with E-state index in [1.165, 1.54) is 29.5 Å². The Morgan fingerprint density at radius 3 is 2.75 bits per heavy atom. The van der Waals surface area contributed by atoms with E-state index in [0.29, 0.717) is 17.0 Å². The summed E-state index contributed by atoms with van der Waals surface area (Å²) in [6, 6.07) is 9.49. The molecule has 0 radical (unpaired) electrons. The lowest BCUT2D eigenvalue weighted by Crippen LogP contribution is -2.12. The van der Waals surface area contributed by atoms with Crippen LogP contribution >= 0.6 is 0 Å². The van der Waals surface area contributed by atoms with Crippen molar-refractivity contribution in [2.24, 2.45) is 0 Å². The zero-order valence-electron chi connectivity index (χ0n) is 13.2. The normalized spacial score (nSPS) is 10.5. The van der Waals surface area contributed by atoms with Gasteiger partial charge in [-0.1, -0.05) is 6.07 Å². The Balaban J connectivity index is 1.81. The van der Waals surface area contributed by atoms with Crippen molar-refractivity contribution in [2.75, 3.05) is 12.4 Å². The second-order valence-corrected chi connectivity index (χ2v) is 5.14. The van der Waals surface area contributed by atoms with E-state index in [2.05, 4.69) is 15.4 Å². The molecule has 3 rings (SSSR count). The fraction of sp³-hybridized carbons (Fsp3) is 0.118. The number of carbonyl (C=O) groups is 1. The number of nitrogens with one attached hydrogen (secondary N) is 1. The number of aryl methyl sites for hydroxylation is 1. The van der Waals surface area contributed by atoms with Crippen molar-refractivity contribution < 1.29 is 13.9 Å². The van der Waals surface area contributed by atoms with E-state index >= 15 is 0 Å². The molecule has 3 aromatic rings. The summed E-state index contributed by atoms with van der Waals surface area (Å²) in [4.78, 5) is 16.1. The van der Waals surface area contributed by atoms with Crippen LogP contribution in [0.4, 0.5) is 10.1 Å². The van der Waals surface area contributed by atoms with Crippen molar-refractivity contribution in [1.82, 2.24) is 14.8 Å². The van der Waals surface area contributed by atoms with Gasteiger partial charge in [0, 0.05) is 11.3 Å². The third-order valence-corrected chi connectivity index (χ3v) is 3.54. The minimum Gasteiger partial charge on any atom is -0.496 e. The highest BCUT2D eigenvalue weighted by Crippen LogP contribution is 2.21. The highest BCUT2D eigenvalue weighted by Gasteiger charge is 2.11. The number of aromatic nitrogens is 3. The maximum atomic E-state index is 14.2. The van der Waals surface area contributed by atoms with Crippen LogP contribution in [0.3, 0.4) is 0 Å². The fourth-order valence-electron chi connectivity index (χ4n) is 2.27. The van der Waals surface area contributed by atoms with Crippen molar-refractivity contribution in [3.05, 3.63) is 66.0 Å². The second kappa shape index (κ2) is 6.49. The molecule has 6 nitrogen and oxygen atoms in total. The first kappa shape index (κ1) is 15.7. The van der Waals surface area contributed by atoms with E-state index in [0.717, 1.165) is 5.56 Å². The molecule has 1 heterocycles. The van der Waals surface area contributed by atoms with Gasteiger partial charge in [-0.3, -0.25) is 4.79 Å². The van der Waals surface area contributed by atoms with Gasteiger partial charge in [-0.25, -0.2) is 14.1 Å². The molecule has 1 amide bonds. The van der Waals surface area contributed by atoms with Gasteiger partial charge < -0.3 is 10.1 Å². The molecule has 24 heavy (non-hydrogen) atoms. The Bertz CT molecular complexity index is 878. The van der Waals surface area contributed by atoms with Gasteiger partial charge in [-0.05, 0) is 42.8 Å². The van der Waals surface area contributed by atoms with Gasteiger partial charge >= 0.3 is 0 Å². The molecule has 1 N–H and O–H groups in total. The van der Waals surface area contributed by atoms with Crippen LogP contribution in [0, 0.1) is 12.7 Å². The maximum Gasteiger partial charge on any atom is 0.255 e. The van der Waals surface area contributed by atoms with E-state index in [1.807, 2.05) is 6.92 Å². The Hall–Kier alpha value is -3.22. The average molecular weight is 326 g/mol. The van der Waals surface area contributed by atoms with Crippen LogP contribution in [-0.2, 0) is 0 Å². The number of methoxy groups -OCH3 is 1. The molecule has 0 bridgehead atoms. The van der Waals surface area contributed by atoms with Gasteiger partial charge in [0.15, 0.2) is 5.82 Å². The minimum atomic E-state index is -0.514. The molecule has 0 atom stereocenters. The van der Waals surface area contributed by atoms with Gasteiger partial charge in [0.1, 0.15) is 24.1 Å². The largest absolute Gasteiger partial charge is 0.496 e. The van der Waals surface area contributed by atoms with Crippen LogP contribution in [0.25, 0.3) is 5.69 Å². The smallest absolute Gasteiger partial charge is 0.255 e. The summed E-state index contributed by atoms with van der Waals surface area (Å²) in [5, 5.41) is 6.54. The first-order valence-corrected chi connectivity index (χ1v) is 7.19. The molecule has 0 fully saturated rings. The molecule has 0 saturated heterocycles. The third kappa shape index (κ3) is 3.10. The molecule has 0 aliphatic heterocycles. The Morgan fingerprint density at radius 2 is 2.08 bits per heavy atom. The van der Waals surface area contributed by atoms with Gasteiger partial charge in [0.25, 0.3) is 5.91 Å². The first-order chi connectivity index (χ1) is 11.6. The predicted molar refractivity (Wildman–Crippen MR) is 87.0 cm³/mol. The molecule has 122 valence electrons. The van der Waals surface area contributed by atoms with Crippen molar-refractivity contribution in [2.45, 2.75) is 6.92 Å².